The third kappa shape index (κ3) is 7.09. The summed E-state index contributed by atoms with van der Waals surface area (Å²) in [5, 5.41) is 16.5. The van der Waals surface area contributed by atoms with Crippen LogP contribution in [0.4, 0.5) is 13.2 Å². The van der Waals surface area contributed by atoms with E-state index in [-0.39, 0.29) is 37.1 Å². The minimum Gasteiger partial charge on any atom is -0.481 e. The number of nitrogens with one attached hydrogen (secondary N) is 1. The summed E-state index contributed by atoms with van der Waals surface area (Å²) in [7, 11) is 0. The summed E-state index contributed by atoms with van der Waals surface area (Å²) in [5.41, 5.74) is 6.58. The highest BCUT2D eigenvalue weighted by Crippen LogP contribution is 2.47. The van der Waals surface area contributed by atoms with Gasteiger partial charge < -0.3 is 10.4 Å². The molecule has 0 radical (unpaired) electrons. The quantitative estimate of drug-likeness (QED) is 0.175. The number of rotatable bonds is 11. The SMILES string of the molecule is CCCC(c1ccc(C(=O)NCCC(=O)O)cc1)C(c1ccc(C)cc1)c1c2c(nn1-c1ccccc1)C(C)=CC(C(F)(F)F)C2. The van der Waals surface area contributed by atoms with Crippen molar-refractivity contribution in [2.24, 2.45) is 5.92 Å². The molecular formula is C37H38F3N3O3. The Kier molecular flexibility index (Phi) is 9.79. The molecule has 46 heavy (non-hydrogen) atoms. The molecule has 1 heterocycles. The first kappa shape index (κ1) is 32.7. The average molecular weight is 630 g/mol. The number of carboxylic acids is 1. The van der Waals surface area contributed by atoms with Crippen LogP contribution in [0.5, 0.6) is 0 Å². The van der Waals surface area contributed by atoms with Gasteiger partial charge >= 0.3 is 12.1 Å². The van der Waals surface area contributed by atoms with Crippen LogP contribution in [-0.4, -0.2) is 39.5 Å². The van der Waals surface area contributed by atoms with Crippen LogP contribution in [0.1, 0.15) is 88.9 Å². The Hall–Kier alpha value is -4.66. The molecule has 0 fully saturated rings. The fourth-order valence-corrected chi connectivity index (χ4v) is 6.39. The number of fused-ring (bicyclic) bond motifs is 1. The molecule has 1 aliphatic carbocycles. The van der Waals surface area contributed by atoms with Gasteiger partial charge in [0.15, 0.2) is 0 Å². The lowest BCUT2D eigenvalue weighted by Gasteiger charge is -2.31. The van der Waals surface area contributed by atoms with E-state index >= 15 is 0 Å². The summed E-state index contributed by atoms with van der Waals surface area (Å²) in [6.45, 7) is 5.81. The van der Waals surface area contributed by atoms with Crippen LogP contribution in [0.2, 0.25) is 0 Å². The molecule has 3 unspecified atom stereocenters. The highest BCUT2D eigenvalue weighted by atomic mass is 19.4. The number of aromatic nitrogens is 2. The zero-order valence-corrected chi connectivity index (χ0v) is 26.1. The lowest BCUT2D eigenvalue weighted by molar-refractivity contribution is -0.160. The van der Waals surface area contributed by atoms with Crippen LogP contribution in [0.15, 0.2) is 84.9 Å². The second-order valence-corrected chi connectivity index (χ2v) is 12.0. The van der Waals surface area contributed by atoms with E-state index in [0.717, 1.165) is 40.9 Å². The molecule has 3 atom stereocenters. The maximum absolute atomic E-state index is 14.3. The number of hydrogen-bond donors (Lipinski definition) is 2. The van der Waals surface area contributed by atoms with E-state index < -0.39 is 18.1 Å². The van der Waals surface area contributed by atoms with Crippen LogP contribution in [-0.2, 0) is 11.2 Å². The van der Waals surface area contributed by atoms with Crippen LogP contribution < -0.4 is 5.32 Å². The fourth-order valence-electron chi connectivity index (χ4n) is 6.39. The molecule has 2 N–H and O–H groups in total. The molecule has 3 aromatic carbocycles. The summed E-state index contributed by atoms with van der Waals surface area (Å²) < 4.78 is 44.6. The fraction of sp³-hybridized carbons (Fsp3) is 0.324. The number of alkyl halides is 3. The van der Waals surface area contributed by atoms with E-state index in [0.29, 0.717) is 22.4 Å². The highest BCUT2D eigenvalue weighted by molar-refractivity contribution is 5.94. The first-order chi connectivity index (χ1) is 22.0. The van der Waals surface area contributed by atoms with Gasteiger partial charge in [0.2, 0.25) is 0 Å². The summed E-state index contributed by atoms with van der Waals surface area (Å²) in [6.07, 6.45) is -1.93. The first-order valence-electron chi connectivity index (χ1n) is 15.6. The topological polar surface area (TPSA) is 84.2 Å². The van der Waals surface area contributed by atoms with E-state index in [4.69, 9.17) is 10.2 Å². The molecule has 0 spiro atoms. The van der Waals surface area contributed by atoms with Gasteiger partial charge in [0.05, 0.1) is 29.4 Å². The van der Waals surface area contributed by atoms with Gasteiger partial charge in [-0.05, 0) is 73.6 Å². The number of carbonyl (C=O) groups is 2. The molecule has 4 aromatic rings. The number of nitrogens with zero attached hydrogens (tertiary/aromatic N) is 2. The van der Waals surface area contributed by atoms with Crippen molar-refractivity contribution in [2.45, 2.75) is 64.5 Å². The number of benzene rings is 3. The van der Waals surface area contributed by atoms with Gasteiger partial charge in [0.1, 0.15) is 0 Å². The molecule has 9 heteroatoms. The van der Waals surface area contributed by atoms with Gasteiger partial charge in [0, 0.05) is 23.6 Å². The van der Waals surface area contributed by atoms with Crippen LogP contribution in [0.25, 0.3) is 11.3 Å². The van der Waals surface area contributed by atoms with E-state index in [9.17, 15) is 22.8 Å². The van der Waals surface area contributed by atoms with E-state index in [1.165, 1.54) is 6.08 Å². The maximum atomic E-state index is 14.3. The van der Waals surface area contributed by atoms with Crippen molar-refractivity contribution in [2.75, 3.05) is 6.54 Å². The Morgan fingerprint density at radius 1 is 0.978 bits per heavy atom. The number of halogens is 3. The molecule has 1 aliphatic rings. The Morgan fingerprint density at radius 2 is 1.63 bits per heavy atom. The number of hydrogen-bond acceptors (Lipinski definition) is 3. The lowest BCUT2D eigenvalue weighted by Crippen LogP contribution is -2.27. The van der Waals surface area contributed by atoms with Gasteiger partial charge in [-0.3, -0.25) is 9.59 Å². The van der Waals surface area contributed by atoms with Crippen LogP contribution in [0.3, 0.4) is 0 Å². The number of aliphatic carboxylic acids is 1. The van der Waals surface area contributed by atoms with Crippen molar-refractivity contribution in [3.8, 4) is 5.69 Å². The van der Waals surface area contributed by atoms with Gasteiger partial charge in [-0.15, -0.1) is 0 Å². The van der Waals surface area contributed by atoms with Crippen molar-refractivity contribution in [1.82, 2.24) is 15.1 Å². The standard InChI is InChI=1S/C37H38F3N3O3/c1-4-8-30(25-15-17-27(18-16-25)36(46)41-20-19-32(44)45)33(26-13-11-23(2)12-14-26)35-31-22-28(37(38,39)40)21-24(3)34(31)42-43(35)29-9-6-5-7-10-29/h5-7,9-18,21,28,30,33H,4,8,19-20,22H2,1-3H3,(H,41,46)(H,44,45). The van der Waals surface area contributed by atoms with Crippen molar-refractivity contribution in [3.63, 3.8) is 0 Å². The molecule has 240 valence electrons. The molecule has 6 nitrogen and oxygen atoms in total. The highest BCUT2D eigenvalue weighted by Gasteiger charge is 2.43. The van der Waals surface area contributed by atoms with E-state index in [1.54, 1.807) is 19.1 Å². The minimum atomic E-state index is -4.39. The summed E-state index contributed by atoms with van der Waals surface area (Å²) in [5.74, 6) is -3.49. The predicted molar refractivity (Wildman–Crippen MR) is 172 cm³/mol. The van der Waals surface area contributed by atoms with E-state index in [2.05, 4.69) is 24.4 Å². The number of aryl methyl sites for hydroxylation is 1. The maximum Gasteiger partial charge on any atom is 0.395 e. The Bertz CT molecular complexity index is 1710. The average Bonchev–Trinajstić information content (AvgIpc) is 3.41. The minimum absolute atomic E-state index is 0.0191. The number of para-hydroxylation sites is 1. The largest absolute Gasteiger partial charge is 0.481 e. The first-order valence-corrected chi connectivity index (χ1v) is 15.6. The van der Waals surface area contributed by atoms with Gasteiger partial charge in [0.25, 0.3) is 5.91 Å². The predicted octanol–water partition coefficient (Wildman–Crippen LogP) is 8.24. The lowest BCUT2D eigenvalue weighted by atomic mass is 9.74. The molecule has 0 bridgehead atoms. The van der Waals surface area contributed by atoms with Crippen LogP contribution >= 0.6 is 0 Å². The molecular weight excluding hydrogens is 591 g/mol. The summed E-state index contributed by atoms with van der Waals surface area (Å²) >= 11 is 0. The van der Waals surface area contributed by atoms with Crippen molar-refractivity contribution >= 4 is 17.4 Å². The molecule has 1 amide bonds. The van der Waals surface area contributed by atoms with Crippen LogP contribution in [0, 0.1) is 12.8 Å². The monoisotopic (exact) mass is 629 g/mol. The number of carbonyl (C=O) groups excluding carboxylic acids is 1. The van der Waals surface area contributed by atoms with Crippen molar-refractivity contribution < 1.29 is 27.9 Å². The second kappa shape index (κ2) is 13.8. The molecule has 0 aliphatic heterocycles. The summed E-state index contributed by atoms with van der Waals surface area (Å²) in [6, 6.07) is 24.9. The number of amides is 1. The Labute approximate surface area is 267 Å². The Balaban J connectivity index is 1.68. The third-order valence-corrected chi connectivity index (χ3v) is 8.65. The number of allylic oxidation sites excluding steroid dienone is 2. The van der Waals surface area contributed by atoms with Gasteiger partial charge in [-0.25, -0.2) is 4.68 Å². The van der Waals surface area contributed by atoms with Gasteiger partial charge in [-0.1, -0.05) is 79.6 Å². The molecule has 1 aromatic heterocycles. The molecule has 5 rings (SSSR count). The molecule has 0 saturated carbocycles. The van der Waals surface area contributed by atoms with Gasteiger partial charge in [-0.2, -0.15) is 18.3 Å². The smallest absolute Gasteiger partial charge is 0.395 e. The number of carboxylic acid groups (broad SMARTS) is 1. The van der Waals surface area contributed by atoms with E-state index in [1.807, 2.05) is 66.2 Å². The summed E-state index contributed by atoms with van der Waals surface area (Å²) in [4.78, 5) is 23.6. The normalized spacial score (nSPS) is 15.9. The zero-order chi connectivity index (χ0) is 33.0. The zero-order valence-electron chi connectivity index (χ0n) is 26.1. The molecule has 0 saturated heterocycles. The Morgan fingerprint density at radius 3 is 2.24 bits per heavy atom. The third-order valence-electron chi connectivity index (χ3n) is 8.65. The van der Waals surface area contributed by atoms with Crippen molar-refractivity contribution in [1.29, 1.82) is 0 Å². The second-order valence-electron chi connectivity index (χ2n) is 12.0. The van der Waals surface area contributed by atoms with Crippen molar-refractivity contribution in [3.05, 3.63) is 124 Å².